The van der Waals surface area contributed by atoms with E-state index in [1.165, 1.54) is 0 Å². The van der Waals surface area contributed by atoms with E-state index in [1.54, 1.807) is 41.5 Å². The Labute approximate surface area is 121 Å². The maximum Gasteiger partial charge on any atom is 0.307 e. The Bertz CT molecular complexity index is 625. The minimum Gasteiger partial charge on any atom is -0.481 e. The third-order valence-electron chi connectivity index (χ3n) is 2.87. The van der Waals surface area contributed by atoms with E-state index in [0.29, 0.717) is 17.7 Å². The first-order valence-corrected chi connectivity index (χ1v) is 6.48. The van der Waals surface area contributed by atoms with E-state index in [1.807, 2.05) is 6.92 Å². The highest BCUT2D eigenvalue weighted by molar-refractivity contribution is 5.94. The zero-order valence-corrected chi connectivity index (χ0v) is 11.6. The van der Waals surface area contributed by atoms with E-state index in [2.05, 4.69) is 15.5 Å². The summed E-state index contributed by atoms with van der Waals surface area (Å²) in [5.74, 6) is -1.16. The number of amides is 1. The molecule has 1 atom stereocenters. The first-order chi connectivity index (χ1) is 10.0. The SMILES string of the molecule is CC(Cn1cnnc1)NC(=O)c1cccc(CC(=O)O)c1. The molecule has 110 valence electrons. The summed E-state index contributed by atoms with van der Waals surface area (Å²) in [4.78, 5) is 22.8. The second-order valence-corrected chi connectivity index (χ2v) is 4.80. The minimum absolute atomic E-state index is 0.0998. The Balaban J connectivity index is 1.97. The van der Waals surface area contributed by atoms with Gasteiger partial charge in [0.2, 0.25) is 0 Å². The lowest BCUT2D eigenvalue weighted by Crippen LogP contribution is -2.35. The molecule has 2 aromatic rings. The highest BCUT2D eigenvalue weighted by Crippen LogP contribution is 2.07. The molecule has 2 N–H and O–H groups in total. The van der Waals surface area contributed by atoms with Crippen LogP contribution in [0.3, 0.4) is 0 Å². The molecule has 21 heavy (non-hydrogen) atoms. The van der Waals surface area contributed by atoms with Gasteiger partial charge in [-0.05, 0) is 24.6 Å². The smallest absolute Gasteiger partial charge is 0.307 e. The second kappa shape index (κ2) is 6.65. The lowest BCUT2D eigenvalue weighted by molar-refractivity contribution is -0.136. The number of aromatic nitrogens is 3. The van der Waals surface area contributed by atoms with Crippen molar-refractivity contribution in [1.82, 2.24) is 20.1 Å². The predicted octanol–water partition coefficient (Wildman–Crippen LogP) is 0.724. The average molecular weight is 288 g/mol. The van der Waals surface area contributed by atoms with Crippen LogP contribution in [-0.2, 0) is 17.8 Å². The van der Waals surface area contributed by atoms with Crippen LogP contribution >= 0.6 is 0 Å². The zero-order chi connectivity index (χ0) is 15.2. The largest absolute Gasteiger partial charge is 0.481 e. The molecule has 0 radical (unpaired) electrons. The van der Waals surface area contributed by atoms with Crippen LogP contribution in [0.15, 0.2) is 36.9 Å². The van der Waals surface area contributed by atoms with E-state index in [4.69, 9.17) is 5.11 Å². The van der Waals surface area contributed by atoms with Crippen LogP contribution in [0.4, 0.5) is 0 Å². The molecule has 1 aromatic carbocycles. The fourth-order valence-electron chi connectivity index (χ4n) is 1.98. The maximum absolute atomic E-state index is 12.1. The van der Waals surface area contributed by atoms with Crippen molar-refractivity contribution in [3.05, 3.63) is 48.0 Å². The monoisotopic (exact) mass is 288 g/mol. The average Bonchev–Trinajstić information content (AvgIpc) is 2.90. The predicted molar refractivity (Wildman–Crippen MR) is 74.7 cm³/mol. The number of benzene rings is 1. The van der Waals surface area contributed by atoms with Crippen LogP contribution in [0.1, 0.15) is 22.8 Å². The number of carbonyl (C=O) groups excluding carboxylic acids is 1. The van der Waals surface area contributed by atoms with Gasteiger partial charge < -0.3 is 15.0 Å². The molecule has 1 aromatic heterocycles. The third-order valence-corrected chi connectivity index (χ3v) is 2.87. The van der Waals surface area contributed by atoms with Crippen molar-refractivity contribution < 1.29 is 14.7 Å². The lowest BCUT2D eigenvalue weighted by Gasteiger charge is -2.14. The van der Waals surface area contributed by atoms with Gasteiger partial charge in [-0.25, -0.2) is 0 Å². The Kier molecular flexibility index (Phi) is 4.65. The van der Waals surface area contributed by atoms with Crippen LogP contribution < -0.4 is 5.32 Å². The van der Waals surface area contributed by atoms with E-state index >= 15 is 0 Å². The van der Waals surface area contributed by atoms with Crippen LogP contribution in [0, 0.1) is 0 Å². The highest BCUT2D eigenvalue weighted by atomic mass is 16.4. The van der Waals surface area contributed by atoms with Crippen molar-refractivity contribution in [1.29, 1.82) is 0 Å². The molecule has 7 heteroatoms. The molecule has 0 aliphatic carbocycles. The number of carbonyl (C=O) groups is 2. The molecular formula is C14H16N4O3. The number of nitrogens with one attached hydrogen (secondary N) is 1. The van der Waals surface area contributed by atoms with Crippen molar-refractivity contribution >= 4 is 11.9 Å². The van der Waals surface area contributed by atoms with Gasteiger partial charge in [-0.2, -0.15) is 0 Å². The Morgan fingerprint density at radius 2 is 2.05 bits per heavy atom. The van der Waals surface area contributed by atoms with Crippen molar-refractivity contribution in [3.63, 3.8) is 0 Å². The summed E-state index contributed by atoms with van der Waals surface area (Å²) < 4.78 is 1.77. The molecule has 2 rings (SSSR count). The van der Waals surface area contributed by atoms with Gasteiger partial charge in [-0.15, -0.1) is 10.2 Å². The van der Waals surface area contributed by atoms with Gasteiger partial charge in [0.15, 0.2) is 0 Å². The quantitative estimate of drug-likeness (QED) is 0.816. The van der Waals surface area contributed by atoms with Gasteiger partial charge in [-0.1, -0.05) is 12.1 Å². The molecule has 0 spiro atoms. The third kappa shape index (κ3) is 4.41. The summed E-state index contributed by atoms with van der Waals surface area (Å²) in [7, 11) is 0. The lowest BCUT2D eigenvalue weighted by atomic mass is 10.1. The summed E-state index contributed by atoms with van der Waals surface area (Å²) in [6, 6.07) is 6.51. The summed E-state index contributed by atoms with van der Waals surface area (Å²) in [6.07, 6.45) is 3.06. The minimum atomic E-state index is -0.923. The van der Waals surface area contributed by atoms with Crippen molar-refractivity contribution in [2.75, 3.05) is 0 Å². The van der Waals surface area contributed by atoms with Crippen LogP contribution in [0.5, 0.6) is 0 Å². The van der Waals surface area contributed by atoms with E-state index in [0.717, 1.165) is 0 Å². The number of hydrogen-bond acceptors (Lipinski definition) is 4. The molecule has 0 bridgehead atoms. The van der Waals surface area contributed by atoms with Gasteiger partial charge in [0, 0.05) is 18.2 Å². The topological polar surface area (TPSA) is 97.1 Å². The Morgan fingerprint density at radius 3 is 2.71 bits per heavy atom. The molecular weight excluding hydrogens is 272 g/mol. The zero-order valence-electron chi connectivity index (χ0n) is 11.6. The van der Waals surface area contributed by atoms with Gasteiger partial charge in [0.05, 0.1) is 6.42 Å². The van der Waals surface area contributed by atoms with Gasteiger partial charge in [0.1, 0.15) is 12.7 Å². The second-order valence-electron chi connectivity index (χ2n) is 4.80. The fraction of sp³-hybridized carbons (Fsp3) is 0.286. The Hall–Kier alpha value is -2.70. The maximum atomic E-state index is 12.1. The summed E-state index contributed by atoms with van der Waals surface area (Å²) >= 11 is 0. The van der Waals surface area contributed by atoms with Crippen molar-refractivity contribution in [2.24, 2.45) is 0 Å². The number of carboxylic acid groups (broad SMARTS) is 1. The Morgan fingerprint density at radius 1 is 1.33 bits per heavy atom. The fourth-order valence-corrected chi connectivity index (χ4v) is 1.98. The summed E-state index contributed by atoms with van der Waals surface area (Å²) in [5, 5.41) is 19.0. The van der Waals surface area contributed by atoms with Crippen molar-refractivity contribution in [3.8, 4) is 0 Å². The van der Waals surface area contributed by atoms with E-state index in [-0.39, 0.29) is 18.4 Å². The number of carboxylic acids is 1. The highest BCUT2D eigenvalue weighted by Gasteiger charge is 2.11. The number of rotatable bonds is 6. The molecule has 0 saturated carbocycles. The van der Waals surface area contributed by atoms with Gasteiger partial charge in [0.25, 0.3) is 5.91 Å². The van der Waals surface area contributed by atoms with E-state index in [9.17, 15) is 9.59 Å². The molecule has 0 aliphatic heterocycles. The van der Waals surface area contributed by atoms with Crippen molar-refractivity contribution in [2.45, 2.75) is 25.9 Å². The van der Waals surface area contributed by atoms with Crippen LogP contribution in [-0.4, -0.2) is 37.8 Å². The normalized spacial score (nSPS) is 11.9. The number of hydrogen-bond donors (Lipinski definition) is 2. The molecule has 0 aliphatic rings. The van der Waals surface area contributed by atoms with E-state index < -0.39 is 5.97 Å². The summed E-state index contributed by atoms with van der Waals surface area (Å²) in [5.41, 5.74) is 1.05. The number of aliphatic carboxylic acids is 1. The summed E-state index contributed by atoms with van der Waals surface area (Å²) in [6.45, 7) is 2.44. The molecule has 1 unspecified atom stereocenters. The molecule has 0 fully saturated rings. The standard InChI is InChI=1S/C14H16N4O3/c1-10(7-18-8-15-16-9-18)17-14(21)12-4-2-3-11(5-12)6-13(19)20/h2-5,8-10H,6-7H2,1H3,(H,17,21)(H,19,20). The first kappa shape index (κ1) is 14.7. The number of nitrogens with zero attached hydrogens (tertiary/aromatic N) is 3. The molecule has 0 saturated heterocycles. The molecule has 1 amide bonds. The van der Waals surface area contributed by atoms with Gasteiger partial charge in [-0.3, -0.25) is 9.59 Å². The van der Waals surface area contributed by atoms with Crippen LogP contribution in [0.25, 0.3) is 0 Å². The van der Waals surface area contributed by atoms with Crippen LogP contribution in [0.2, 0.25) is 0 Å². The molecule has 1 heterocycles. The molecule has 7 nitrogen and oxygen atoms in total. The van der Waals surface area contributed by atoms with Gasteiger partial charge >= 0.3 is 5.97 Å². The first-order valence-electron chi connectivity index (χ1n) is 6.48.